The van der Waals surface area contributed by atoms with Crippen LogP contribution in [-0.4, -0.2) is 17.1 Å². The lowest BCUT2D eigenvalue weighted by atomic mass is 10.1. The number of aryl methyl sites for hydroxylation is 1. The first kappa shape index (κ1) is 18.3. The number of nitrogens with zero attached hydrogens (tertiary/aromatic N) is 3. The van der Waals surface area contributed by atoms with Crippen LogP contribution in [0.15, 0.2) is 35.9 Å². The van der Waals surface area contributed by atoms with Crippen LogP contribution >= 0.6 is 0 Å². The van der Waals surface area contributed by atoms with Crippen LogP contribution in [0.4, 0.5) is 5.69 Å². The number of aromatic nitrogens is 1. The summed E-state index contributed by atoms with van der Waals surface area (Å²) in [5, 5.41) is 20.7. The average Bonchev–Trinajstić information content (AvgIpc) is 3.45. The van der Waals surface area contributed by atoms with Crippen molar-refractivity contribution >= 4 is 17.7 Å². The maximum absolute atomic E-state index is 12.5. The fourth-order valence-corrected chi connectivity index (χ4v) is 3.10. The first-order valence-electron chi connectivity index (χ1n) is 8.75. The van der Waals surface area contributed by atoms with E-state index in [4.69, 9.17) is 10.00 Å². The molecule has 3 rings (SSSR count). The third-order valence-corrected chi connectivity index (χ3v) is 4.52. The van der Waals surface area contributed by atoms with Crippen molar-refractivity contribution in [2.75, 3.05) is 11.9 Å². The molecular formula is C21H20N4O2. The molecule has 1 N–H and O–H groups in total. The lowest BCUT2D eigenvalue weighted by molar-refractivity contribution is -0.112. The van der Waals surface area contributed by atoms with Gasteiger partial charge in [-0.3, -0.25) is 4.79 Å². The standard InChI is InChI=1S/C21H20N4O2/c1-14-11-16(15(2)25(14)19-5-6-19)12-17(13-23)21(26)24-18-3-7-20(8-4-18)27-10-9-22/h3-4,7-8,11-12,19H,5-6,10H2,1-2H3,(H,24,26)/b17-12+. The monoisotopic (exact) mass is 360 g/mol. The van der Waals surface area contributed by atoms with Crippen LogP contribution in [0, 0.1) is 36.5 Å². The maximum Gasteiger partial charge on any atom is 0.266 e. The van der Waals surface area contributed by atoms with E-state index in [0.717, 1.165) is 17.0 Å². The Kier molecular flexibility index (Phi) is 5.28. The molecule has 1 aromatic carbocycles. The minimum Gasteiger partial charge on any atom is -0.479 e. The van der Waals surface area contributed by atoms with Crippen LogP contribution < -0.4 is 10.1 Å². The highest BCUT2D eigenvalue weighted by molar-refractivity contribution is 6.09. The molecule has 0 bridgehead atoms. The second kappa shape index (κ2) is 7.80. The van der Waals surface area contributed by atoms with E-state index in [9.17, 15) is 10.1 Å². The van der Waals surface area contributed by atoms with Gasteiger partial charge in [0.25, 0.3) is 5.91 Å². The number of ether oxygens (including phenoxy) is 1. The molecule has 1 fully saturated rings. The quantitative estimate of drug-likeness (QED) is 0.625. The van der Waals surface area contributed by atoms with E-state index in [1.807, 2.05) is 32.1 Å². The third kappa shape index (κ3) is 4.19. The molecule has 1 saturated carbocycles. The number of amides is 1. The lowest BCUT2D eigenvalue weighted by Crippen LogP contribution is -2.13. The van der Waals surface area contributed by atoms with Gasteiger partial charge in [0.15, 0.2) is 6.61 Å². The molecule has 136 valence electrons. The normalized spacial score (nSPS) is 13.6. The Morgan fingerprint density at radius 3 is 2.59 bits per heavy atom. The van der Waals surface area contributed by atoms with Gasteiger partial charge in [-0.15, -0.1) is 0 Å². The van der Waals surface area contributed by atoms with Gasteiger partial charge in [0.05, 0.1) is 0 Å². The van der Waals surface area contributed by atoms with Crippen LogP contribution in [0.2, 0.25) is 0 Å². The molecule has 1 heterocycles. The number of nitrogens with one attached hydrogen (secondary N) is 1. The van der Waals surface area contributed by atoms with E-state index in [2.05, 4.69) is 9.88 Å². The zero-order valence-corrected chi connectivity index (χ0v) is 15.3. The van der Waals surface area contributed by atoms with Gasteiger partial charge in [0.1, 0.15) is 23.5 Å². The summed E-state index contributed by atoms with van der Waals surface area (Å²) in [6.45, 7) is 4.03. The Morgan fingerprint density at radius 2 is 2.00 bits per heavy atom. The van der Waals surface area contributed by atoms with Crippen molar-refractivity contribution < 1.29 is 9.53 Å². The largest absolute Gasteiger partial charge is 0.479 e. The second-order valence-corrected chi connectivity index (χ2v) is 6.52. The van der Waals surface area contributed by atoms with Gasteiger partial charge >= 0.3 is 0 Å². The predicted octanol–water partition coefficient (Wildman–Crippen LogP) is 3.89. The van der Waals surface area contributed by atoms with Gasteiger partial charge in [-0.05, 0) is 68.7 Å². The molecule has 0 aliphatic heterocycles. The van der Waals surface area contributed by atoms with E-state index in [1.165, 1.54) is 12.8 Å². The lowest BCUT2D eigenvalue weighted by Gasteiger charge is -2.07. The van der Waals surface area contributed by atoms with E-state index in [-0.39, 0.29) is 12.2 Å². The molecule has 1 aromatic heterocycles. The van der Waals surface area contributed by atoms with Gasteiger partial charge in [-0.25, -0.2) is 0 Å². The average molecular weight is 360 g/mol. The molecule has 6 heteroatoms. The first-order chi connectivity index (χ1) is 13.0. The molecule has 2 aromatic rings. The number of rotatable bonds is 6. The van der Waals surface area contributed by atoms with E-state index in [1.54, 1.807) is 30.3 Å². The van der Waals surface area contributed by atoms with E-state index >= 15 is 0 Å². The maximum atomic E-state index is 12.5. The second-order valence-electron chi connectivity index (χ2n) is 6.52. The Labute approximate surface area is 158 Å². The molecule has 1 aliphatic rings. The summed E-state index contributed by atoms with van der Waals surface area (Å²) in [5.41, 5.74) is 3.72. The topological polar surface area (TPSA) is 90.8 Å². The van der Waals surface area contributed by atoms with Crippen LogP contribution in [0.25, 0.3) is 6.08 Å². The molecule has 1 aliphatic carbocycles. The van der Waals surface area contributed by atoms with Crippen LogP contribution in [0.3, 0.4) is 0 Å². The summed E-state index contributed by atoms with van der Waals surface area (Å²) < 4.78 is 7.45. The third-order valence-electron chi connectivity index (χ3n) is 4.52. The number of carbonyl (C=O) groups excluding carboxylic acids is 1. The van der Waals surface area contributed by atoms with Crippen LogP contribution in [0.1, 0.15) is 35.8 Å². The predicted molar refractivity (Wildman–Crippen MR) is 102 cm³/mol. The smallest absolute Gasteiger partial charge is 0.266 e. The van der Waals surface area contributed by atoms with Gasteiger partial charge in [-0.2, -0.15) is 10.5 Å². The molecule has 27 heavy (non-hydrogen) atoms. The Balaban J connectivity index is 1.75. The fourth-order valence-electron chi connectivity index (χ4n) is 3.10. The highest BCUT2D eigenvalue weighted by Gasteiger charge is 2.26. The molecule has 0 unspecified atom stereocenters. The summed E-state index contributed by atoms with van der Waals surface area (Å²) >= 11 is 0. The van der Waals surface area contributed by atoms with Gasteiger partial charge < -0.3 is 14.6 Å². The summed E-state index contributed by atoms with van der Waals surface area (Å²) in [5.74, 6) is 0.0810. The van der Waals surface area contributed by atoms with Crippen molar-refractivity contribution in [3.05, 3.63) is 52.9 Å². The Bertz CT molecular complexity index is 967. The summed E-state index contributed by atoms with van der Waals surface area (Å²) in [6.07, 6.45) is 4.00. The molecule has 0 saturated heterocycles. The van der Waals surface area contributed by atoms with Gasteiger partial charge in [-0.1, -0.05) is 0 Å². The molecule has 0 radical (unpaired) electrons. The van der Waals surface area contributed by atoms with Crippen molar-refractivity contribution in [3.63, 3.8) is 0 Å². The molecule has 0 spiro atoms. The number of benzene rings is 1. The Morgan fingerprint density at radius 1 is 1.30 bits per heavy atom. The number of hydrogen-bond donors (Lipinski definition) is 1. The molecule has 0 atom stereocenters. The van der Waals surface area contributed by atoms with Gasteiger partial charge in [0, 0.05) is 23.1 Å². The van der Waals surface area contributed by atoms with E-state index < -0.39 is 5.91 Å². The number of nitriles is 2. The van der Waals surface area contributed by atoms with Crippen molar-refractivity contribution in [3.8, 4) is 17.9 Å². The van der Waals surface area contributed by atoms with Crippen molar-refractivity contribution in [2.45, 2.75) is 32.7 Å². The van der Waals surface area contributed by atoms with Crippen LogP contribution in [0.5, 0.6) is 5.75 Å². The zero-order valence-electron chi connectivity index (χ0n) is 15.3. The van der Waals surface area contributed by atoms with Crippen molar-refractivity contribution in [1.82, 2.24) is 4.57 Å². The van der Waals surface area contributed by atoms with Crippen molar-refractivity contribution in [1.29, 1.82) is 10.5 Å². The molecule has 6 nitrogen and oxygen atoms in total. The Hall–Kier alpha value is -3.51. The van der Waals surface area contributed by atoms with Crippen LogP contribution in [-0.2, 0) is 4.79 Å². The highest BCUT2D eigenvalue weighted by Crippen LogP contribution is 2.38. The fraction of sp³-hybridized carbons (Fsp3) is 0.286. The molecule has 1 amide bonds. The number of anilines is 1. The SMILES string of the molecule is Cc1cc(/C=C(\C#N)C(=O)Nc2ccc(OCC#N)cc2)c(C)n1C1CC1. The minimum atomic E-state index is -0.459. The number of carbonyl (C=O) groups is 1. The first-order valence-corrected chi connectivity index (χ1v) is 8.75. The van der Waals surface area contributed by atoms with Gasteiger partial charge in [0.2, 0.25) is 0 Å². The zero-order chi connectivity index (χ0) is 19.4. The summed E-state index contributed by atoms with van der Waals surface area (Å²) in [4.78, 5) is 12.5. The minimum absolute atomic E-state index is 0.0354. The highest BCUT2D eigenvalue weighted by atomic mass is 16.5. The summed E-state index contributed by atoms with van der Waals surface area (Å²) in [6, 6.07) is 13.1. The summed E-state index contributed by atoms with van der Waals surface area (Å²) in [7, 11) is 0. The van der Waals surface area contributed by atoms with Crippen molar-refractivity contribution in [2.24, 2.45) is 0 Å². The van der Waals surface area contributed by atoms with E-state index in [0.29, 0.717) is 17.5 Å². The number of hydrogen-bond acceptors (Lipinski definition) is 4. The molecular weight excluding hydrogens is 340 g/mol.